The lowest BCUT2D eigenvalue weighted by atomic mass is 10.2. The number of rotatable bonds is 1. The zero-order valence-electron chi connectivity index (χ0n) is 7.52. The SMILES string of the molecule is CC1OS(O)(O)CC1OC(=O)C(F)(F)F. The molecule has 90 valence electrons. The fourth-order valence-corrected chi connectivity index (χ4v) is 2.48. The van der Waals surface area contributed by atoms with Crippen molar-refractivity contribution >= 4 is 16.8 Å². The van der Waals surface area contributed by atoms with Crippen LogP contribution in [0.15, 0.2) is 0 Å². The van der Waals surface area contributed by atoms with Gasteiger partial charge in [-0.15, -0.1) is 0 Å². The molecule has 0 aromatic carbocycles. The molecule has 1 aliphatic rings. The first-order chi connectivity index (χ1) is 6.62. The molecule has 5 nitrogen and oxygen atoms in total. The summed E-state index contributed by atoms with van der Waals surface area (Å²) in [6.45, 7) is 1.29. The summed E-state index contributed by atoms with van der Waals surface area (Å²) in [6.07, 6.45) is -7.35. The molecule has 0 aromatic rings. The molecule has 15 heavy (non-hydrogen) atoms. The first-order valence-corrected chi connectivity index (χ1v) is 5.48. The number of halogens is 3. The number of carbonyl (C=O) groups excluding carboxylic acids is 1. The molecule has 1 rings (SSSR count). The Morgan fingerprint density at radius 3 is 2.40 bits per heavy atom. The van der Waals surface area contributed by atoms with Gasteiger partial charge in [0.1, 0.15) is 12.2 Å². The maximum absolute atomic E-state index is 11.8. The first kappa shape index (κ1) is 12.6. The van der Waals surface area contributed by atoms with Crippen LogP contribution in [0.3, 0.4) is 0 Å². The van der Waals surface area contributed by atoms with E-state index in [9.17, 15) is 18.0 Å². The van der Waals surface area contributed by atoms with Gasteiger partial charge in [-0.25, -0.2) is 4.79 Å². The molecule has 0 spiro atoms. The van der Waals surface area contributed by atoms with E-state index >= 15 is 0 Å². The number of hydrogen-bond acceptors (Lipinski definition) is 5. The minimum atomic E-state index is -5.09. The highest BCUT2D eigenvalue weighted by Gasteiger charge is 2.47. The third-order valence-corrected chi connectivity index (χ3v) is 3.08. The minimum absolute atomic E-state index is 0.532. The number of hydrogen-bond donors (Lipinski definition) is 2. The van der Waals surface area contributed by atoms with Crippen LogP contribution in [-0.4, -0.2) is 39.2 Å². The maximum atomic E-state index is 11.8. The van der Waals surface area contributed by atoms with Gasteiger partial charge in [0, 0.05) is 0 Å². The summed E-state index contributed by atoms with van der Waals surface area (Å²) < 4.78 is 61.9. The molecular formula is C6H9F3O5S. The molecule has 0 radical (unpaired) electrons. The highest BCUT2D eigenvalue weighted by atomic mass is 32.3. The predicted octanol–water partition coefficient (Wildman–Crippen LogP) is 1.54. The minimum Gasteiger partial charge on any atom is -0.452 e. The summed E-state index contributed by atoms with van der Waals surface area (Å²) in [4.78, 5) is 10.4. The average molecular weight is 250 g/mol. The number of carbonyl (C=O) groups is 1. The highest BCUT2D eigenvalue weighted by Crippen LogP contribution is 2.49. The summed E-state index contributed by atoms with van der Waals surface area (Å²) in [5.74, 6) is -2.89. The largest absolute Gasteiger partial charge is 0.490 e. The summed E-state index contributed by atoms with van der Waals surface area (Å²) in [6, 6.07) is 0. The Labute approximate surface area is 84.7 Å². The van der Waals surface area contributed by atoms with Gasteiger partial charge in [-0.3, -0.25) is 4.18 Å². The topological polar surface area (TPSA) is 76.0 Å². The quantitative estimate of drug-likeness (QED) is 0.690. The van der Waals surface area contributed by atoms with Crippen LogP contribution >= 0.6 is 10.9 Å². The molecule has 1 fully saturated rings. The molecule has 1 saturated heterocycles. The second kappa shape index (κ2) is 3.81. The number of alkyl halides is 3. The molecule has 2 atom stereocenters. The van der Waals surface area contributed by atoms with Gasteiger partial charge in [0.15, 0.2) is 0 Å². The molecule has 0 aromatic heterocycles. The maximum Gasteiger partial charge on any atom is 0.490 e. The van der Waals surface area contributed by atoms with Gasteiger partial charge < -0.3 is 13.8 Å². The van der Waals surface area contributed by atoms with Gasteiger partial charge in [-0.2, -0.15) is 13.2 Å². The van der Waals surface area contributed by atoms with Crippen molar-refractivity contribution in [3.05, 3.63) is 0 Å². The standard InChI is InChI=1S/C6H9F3O5S/c1-3-4(2-15(11,12)14-3)13-5(10)6(7,8)9/h3-4,11-12H,2H2,1H3. The van der Waals surface area contributed by atoms with Crippen molar-refractivity contribution in [2.45, 2.75) is 25.3 Å². The van der Waals surface area contributed by atoms with Gasteiger partial charge >= 0.3 is 12.1 Å². The second-order valence-corrected chi connectivity index (χ2v) is 4.76. The molecule has 0 saturated carbocycles. The van der Waals surface area contributed by atoms with E-state index in [0.717, 1.165) is 0 Å². The second-order valence-electron chi connectivity index (χ2n) is 3.02. The zero-order chi connectivity index (χ0) is 11.9. The van der Waals surface area contributed by atoms with Crippen molar-refractivity contribution < 1.29 is 36.0 Å². The van der Waals surface area contributed by atoms with Crippen molar-refractivity contribution in [3.63, 3.8) is 0 Å². The van der Waals surface area contributed by atoms with E-state index in [1.165, 1.54) is 6.92 Å². The van der Waals surface area contributed by atoms with Crippen molar-refractivity contribution in [1.82, 2.24) is 0 Å². The molecule has 0 bridgehead atoms. The van der Waals surface area contributed by atoms with E-state index in [4.69, 9.17) is 9.11 Å². The van der Waals surface area contributed by atoms with E-state index in [2.05, 4.69) is 8.92 Å². The summed E-state index contributed by atoms with van der Waals surface area (Å²) >= 11 is 0. The highest BCUT2D eigenvalue weighted by molar-refractivity contribution is 8.20. The molecule has 2 unspecified atom stereocenters. The van der Waals surface area contributed by atoms with Crippen LogP contribution in [0.2, 0.25) is 0 Å². The smallest absolute Gasteiger partial charge is 0.452 e. The van der Waals surface area contributed by atoms with Crippen LogP contribution in [0, 0.1) is 0 Å². The molecular weight excluding hydrogens is 241 g/mol. The Kier molecular flexibility index (Phi) is 3.19. The third-order valence-electron chi connectivity index (χ3n) is 1.70. The molecule has 9 heteroatoms. The van der Waals surface area contributed by atoms with Crippen LogP contribution in [0.25, 0.3) is 0 Å². The fraction of sp³-hybridized carbons (Fsp3) is 0.833. The van der Waals surface area contributed by atoms with Gasteiger partial charge in [-0.1, -0.05) is 0 Å². The van der Waals surface area contributed by atoms with E-state index in [1.807, 2.05) is 0 Å². The number of esters is 1. The lowest BCUT2D eigenvalue weighted by Crippen LogP contribution is -2.34. The van der Waals surface area contributed by atoms with Gasteiger partial charge in [0.2, 0.25) is 0 Å². The summed E-state index contributed by atoms with van der Waals surface area (Å²) in [7, 11) is -3.38. The van der Waals surface area contributed by atoms with Gasteiger partial charge in [0.25, 0.3) is 0 Å². The third kappa shape index (κ3) is 3.23. The Bertz CT molecular complexity index is 266. The first-order valence-electron chi connectivity index (χ1n) is 3.84. The van der Waals surface area contributed by atoms with Crippen LogP contribution in [0.5, 0.6) is 0 Å². The number of ether oxygens (including phenoxy) is 1. The van der Waals surface area contributed by atoms with E-state index < -0.39 is 41.0 Å². The van der Waals surface area contributed by atoms with E-state index in [1.54, 1.807) is 0 Å². The van der Waals surface area contributed by atoms with Crippen LogP contribution < -0.4 is 0 Å². The van der Waals surface area contributed by atoms with Gasteiger partial charge in [-0.05, 0) is 6.92 Å². The monoisotopic (exact) mass is 250 g/mol. The fourth-order valence-electron chi connectivity index (χ4n) is 1.03. The molecule has 0 amide bonds. The molecule has 1 aliphatic heterocycles. The Morgan fingerprint density at radius 2 is 2.07 bits per heavy atom. The van der Waals surface area contributed by atoms with E-state index in [-0.39, 0.29) is 0 Å². The van der Waals surface area contributed by atoms with Crippen LogP contribution in [-0.2, 0) is 13.7 Å². The molecule has 0 aliphatic carbocycles. The molecule has 2 N–H and O–H groups in total. The Balaban J connectivity index is 2.58. The Morgan fingerprint density at radius 1 is 1.53 bits per heavy atom. The summed E-state index contributed by atoms with van der Waals surface area (Å²) in [5.41, 5.74) is 0. The van der Waals surface area contributed by atoms with Crippen LogP contribution in [0.4, 0.5) is 13.2 Å². The van der Waals surface area contributed by atoms with Crippen LogP contribution in [0.1, 0.15) is 6.92 Å². The Hall–Kier alpha value is -0.510. The zero-order valence-corrected chi connectivity index (χ0v) is 8.34. The lowest BCUT2D eigenvalue weighted by Gasteiger charge is -2.18. The van der Waals surface area contributed by atoms with Crippen molar-refractivity contribution in [3.8, 4) is 0 Å². The van der Waals surface area contributed by atoms with Crippen molar-refractivity contribution in [2.75, 3.05) is 5.75 Å². The summed E-state index contributed by atoms with van der Waals surface area (Å²) in [5, 5.41) is 0. The van der Waals surface area contributed by atoms with Gasteiger partial charge in [0.05, 0.1) is 16.6 Å². The van der Waals surface area contributed by atoms with Crippen molar-refractivity contribution in [2.24, 2.45) is 0 Å². The van der Waals surface area contributed by atoms with E-state index in [0.29, 0.717) is 0 Å². The molecule has 1 heterocycles. The van der Waals surface area contributed by atoms with Crippen molar-refractivity contribution in [1.29, 1.82) is 0 Å². The predicted molar refractivity (Wildman–Crippen MR) is 44.2 cm³/mol. The normalized spacial score (nSPS) is 32.4. The lowest BCUT2D eigenvalue weighted by molar-refractivity contribution is -0.205. The average Bonchev–Trinajstić information content (AvgIpc) is 2.22.